The van der Waals surface area contributed by atoms with Crippen LogP contribution in [0.4, 0.5) is 0 Å². The largest absolute Gasteiger partial charge is 0.139 e. The van der Waals surface area contributed by atoms with E-state index in [1.54, 1.807) is 0 Å². The third kappa shape index (κ3) is 4.66. The average Bonchev–Trinajstić information content (AvgIpc) is 2.01. The van der Waals surface area contributed by atoms with Gasteiger partial charge in [0, 0.05) is 0 Å². The van der Waals surface area contributed by atoms with Gasteiger partial charge in [0.1, 0.15) is 7.85 Å². The summed E-state index contributed by atoms with van der Waals surface area (Å²) in [6.07, 6.45) is 8.40. The molecule has 0 radical (unpaired) electrons. The Morgan fingerprint density at radius 2 is 1.91 bits per heavy atom. The molecule has 0 nitrogen and oxygen atoms in total. The fourth-order valence-electron chi connectivity index (χ4n) is 1.01. The highest BCUT2D eigenvalue weighted by Gasteiger charge is 1.88. The van der Waals surface area contributed by atoms with Crippen LogP contribution in [-0.2, 0) is 0 Å². The van der Waals surface area contributed by atoms with Crippen LogP contribution in [0.1, 0.15) is 26.7 Å². The van der Waals surface area contributed by atoms with Gasteiger partial charge in [0.25, 0.3) is 0 Å². The SMILES string of the molecule is B/C(C=C(CC)CC)=C/C=C. The minimum absolute atomic E-state index is 1.15. The highest BCUT2D eigenvalue weighted by molar-refractivity contribution is 6.23. The van der Waals surface area contributed by atoms with Crippen LogP contribution in [0.3, 0.4) is 0 Å². The third-order valence-electron chi connectivity index (χ3n) is 1.72. The van der Waals surface area contributed by atoms with Crippen LogP contribution in [0.25, 0.3) is 0 Å². The lowest BCUT2D eigenvalue weighted by atomic mass is 9.92. The van der Waals surface area contributed by atoms with Gasteiger partial charge in [0.05, 0.1) is 0 Å². The molecule has 0 aliphatic carbocycles. The standard InChI is InChI=1S/C10H17B/c1-4-7-10(11)8-9(5-2)6-3/h4,7-8H,1,5-6,11H2,2-3H3/b10-7+. The van der Waals surface area contributed by atoms with E-state index < -0.39 is 0 Å². The summed E-state index contributed by atoms with van der Waals surface area (Å²) in [6, 6.07) is 0. The van der Waals surface area contributed by atoms with E-state index in [1.807, 2.05) is 12.2 Å². The van der Waals surface area contributed by atoms with Gasteiger partial charge in [-0.2, -0.15) is 0 Å². The van der Waals surface area contributed by atoms with Crippen LogP contribution in [-0.4, -0.2) is 7.85 Å². The summed E-state index contributed by atoms with van der Waals surface area (Å²) >= 11 is 0. The molecule has 0 bridgehead atoms. The Bertz CT molecular complexity index is 169. The van der Waals surface area contributed by atoms with Gasteiger partial charge in [-0.3, -0.25) is 0 Å². The van der Waals surface area contributed by atoms with Crippen molar-refractivity contribution in [3.05, 3.63) is 35.9 Å². The van der Waals surface area contributed by atoms with Crippen molar-refractivity contribution in [3.63, 3.8) is 0 Å². The molecule has 11 heavy (non-hydrogen) atoms. The molecule has 1 heteroatoms. The van der Waals surface area contributed by atoms with E-state index in [2.05, 4.69) is 34.3 Å². The molecule has 0 fully saturated rings. The first-order chi connectivity index (χ1) is 5.24. The molecule has 0 saturated heterocycles. The van der Waals surface area contributed by atoms with Crippen molar-refractivity contribution in [3.8, 4) is 0 Å². The number of hydrogen-bond donors (Lipinski definition) is 0. The molecule has 0 rings (SSSR count). The first kappa shape index (κ1) is 10.3. The second-order valence-corrected chi connectivity index (χ2v) is 2.66. The Labute approximate surface area is 71.1 Å². The Morgan fingerprint density at radius 1 is 1.36 bits per heavy atom. The Morgan fingerprint density at radius 3 is 2.27 bits per heavy atom. The van der Waals surface area contributed by atoms with Gasteiger partial charge in [-0.15, -0.1) is 0 Å². The smallest absolute Gasteiger partial charge is 0.0991 e. The minimum Gasteiger partial charge on any atom is -0.0991 e. The fourth-order valence-corrected chi connectivity index (χ4v) is 1.01. The highest BCUT2D eigenvalue weighted by atomic mass is 13.9. The van der Waals surface area contributed by atoms with Gasteiger partial charge in [-0.05, 0) is 12.8 Å². The van der Waals surface area contributed by atoms with Crippen LogP contribution in [0.2, 0.25) is 0 Å². The predicted molar refractivity (Wildman–Crippen MR) is 55.5 cm³/mol. The van der Waals surface area contributed by atoms with Gasteiger partial charge in [0.2, 0.25) is 0 Å². The molecule has 0 unspecified atom stereocenters. The van der Waals surface area contributed by atoms with Crippen molar-refractivity contribution in [1.29, 1.82) is 0 Å². The molecule has 0 aromatic heterocycles. The Kier molecular flexibility index (Phi) is 5.63. The second kappa shape index (κ2) is 6.02. The monoisotopic (exact) mass is 148 g/mol. The van der Waals surface area contributed by atoms with Gasteiger partial charge in [-0.1, -0.05) is 49.7 Å². The van der Waals surface area contributed by atoms with Crippen molar-refractivity contribution in [2.45, 2.75) is 26.7 Å². The molecule has 0 amide bonds. The van der Waals surface area contributed by atoms with E-state index in [9.17, 15) is 0 Å². The van der Waals surface area contributed by atoms with Crippen LogP contribution in [0.15, 0.2) is 35.9 Å². The van der Waals surface area contributed by atoms with E-state index in [0.717, 1.165) is 12.8 Å². The average molecular weight is 148 g/mol. The van der Waals surface area contributed by atoms with E-state index in [-0.39, 0.29) is 0 Å². The zero-order valence-electron chi connectivity index (χ0n) is 7.85. The lowest BCUT2D eigenvalue weighted by molar-refractivity contribution is 0.977. The molecule has 60 valence electrons. The van der Waals surface area contributed by atoms with Gasteiger partial charge >= 0.3 is 0 Å². The molecule has 0 aromatic rings. The maximum Gasteiger partial charge on any atom is 0.139 e. The molecular formula is C10H17B. The number of hydrogen-bond acceptors (Lipinski definition) is 0. The van der Waals surface area contributed by atoms with Crippen LogP contribution < -0.4 is 0 Å². The van der Waals surface area contributed by atoms with Crippen LogP contribution >= 0.6 is 0 Å². The number of rotatable bonds is 4. The summed E-state index contributed by atoms with van der Waals surface area (Å²) < 4.78 is 0. The van der Waals surface area contributed by atoms with Gasteiger partial charge < -0.3 is 0 Å². The van der Waals surface area contributed by atoms with Crippen molar-refractivity contribution >= 4 is 7.85 Å². The first-order valence-electron chi connectivity index (χ1n) is 4.23. The van der Waals surface area contributed by atoms with E-state index in [0.29, 0.717) is 0 Å². The van der Waals surface area contributed by atoms with E-state index in [4.69, 9.17) is 0 Å². The van der Waals surface area contributed by atoms with E-state index in [1.165, 1.54) is 11.0 Å². The maximum atomic E-state index is 3.65. The molecule has 0 N–H and O–H groups in total. The summed E-state index contributed by atoms with van der Waals surface area (Å²) in [7, 11) is 2.10. The zero-order valence-corrected chi connectivity index (χ0v) is 7.85. The molecule has 0 aromatic carbocycles. The third-order valence-corrected chi connectivity index (χ3v) is 1.72. The summed E-state index contributed by atoms with van der Waals surface area (Å²) in [5, 5.41) is 0. The Balaban J connectivity index is 4.25. The molecule has 0 aliphatic rings. The Hall–Kier alpha value is -0.715. The summed E-state index contributed by atoms with van der Waals surface area (Å²) in [5.41, 5.74) is 2.79. The fraction of sp³-hybridized carbons (Fsp3) is 0.400. The van der Waals surface area contributed by atoms with E-state index >= 15 is 0 Å². The second-order valence-electron chi connectivity index (χ2n) is 2.66. The predicted octanol–water partition coefficient (Wildman–Crippen LogP) is 2.44. The van der Waals surface area contributed by atoms with Crippen molar-refractivity contribution in [2.75, 3.05) is 0 Å². The van der Waals surface area contributed by atoms with Crippen molar-refractivity contribution in [2.24, 2.45) is 0 Å². The highest BCUT2D eigenvalue weighted by Crippen LogP contribution is 2.07. The normalized spacial score (nSPS) is 10.9. The molecule has 0 atom stereocenters. The quantitative estimate of drug-likeness (QED) is 0.424. The summed E-state index contributed by atoms with van der Waals surface area (Å²) in [6.45, 7) is 8.04. The number of allylic oxidation sites excluding steroid dienone is 5. The molecular weight excluding hydrogens is 131 g/mol. The zero-order chi connectivity index (χ0) is 8.69. The lowest BCUT2D eigenvalue weighted by Gasteiger charge is -1.99. The lowest BCUT2D eigenvalue weighted by Crippen LogP contribution is -1.81. The summed E-state index contributed by atoms with van der Waals surface area (Å²) in [4.78, 5) is 0. The molecule has 0 aliphatic heterocycles. The molecule has 0 heterocycles. The van der Waals surface area contributed by atoms with Crippen molar-refractivity contribution in [1.82, 2.24) is 0 Å². The first-order valence-corrected chi connectivity index (χ1v) is 4.23. The topological polar surface area (TPSA) is 0 Å². The minimum atomic E-state index is 1.15. The summed E-state index contributed by atoms with van der Waals surface area (Å²) in [5.74, 6) is 0. The van der Waals surface area contributed by atoms with Crippen LogP contribution in [0, 0.1) is 0 Å². The maximum absolute atomic E-state index is 3.65. The van der Waals surface area contributed by atoms with Gasteiger partial charge in [-0.25, -0.2) is 0 Å². The van der Waals surface area contributed by atoms with Gasteiger partial charge in [0.15, 0.2) is 0 Å². The van der Waals surface area contributed by atoms with Crippen LogP contribution in [0.5, 0.6) is 0 Å². The van der Waals surface area contributed by atoms with Crippen molar-refractivity contribution < 1.29 is 0 Å². The molecule has 0 spiro atoms. The molecule has 0 saturated carbocycles.